The van der Waals surface area contributed by atoms with Gasteiger partial charge in [0.15, 0.2) is 12.2 Å². The molecule has 0 rings (SSSR count). The third kappa shape index (κ3) is 82.1. The van der Waals surface area contributed by atoms with E-state index >= 15 is 0 Å². The molecule has 0 aliphatic heterocycles. The fraction of sp³-hybridized carbons (Fsp3) is 0.955. The van der Waals surface area contributed by atoms with Crippen LogP contribution in [-0.4, -0.2) is 96.7 Å². The Morgan fingerprint density at radius 2 is 0.426 bits per heavy atom. The summed E-state index contributed by atoms with van der Waals surface area (Å²) in [6, 6.07) is 0. The number of carbonyl (C=O) groups excluding carboxylic acids is 4. The predicted octanol–water partition coefficient (Wildman–Crippen LogP) is 27.5. The minimum atomic E-state index is -4.97. The van der Waals surface area contributed by atoms with Crippen molar-refractivity contribution in [1.29, 1.82) is 0 Å². The standard InChI is InChI=1S/C89H174O17P2/c1-6-9-12-15-18-21-24-27-29-31-35-39-43-48-53-58-63-68-73-87(92)100-79-85(106-89(94)75-70-65-60-55-50-45-40-36-33-32-34-37-42-46-51-56-61-66-71-82(4)5)81-104-108(97,98)102-77-83(90)76-101-107(95,96)103-80-84(78-99-86(91)72-67-62-57-52-47-41-26-23-20-17-14-11-8-3)105-88(93)74-69-64-59-54-49-44-38-30-28-25-22-19-16-13-10-7-2/h82-85,90H,6-81H2,1-5H3,(H,95,96)(H,97,98)/t83-,84+,85+/m0/s1. The molecule has 0 aromatic rings. The first-order valence-corrected chi connectivity index (χ1v) is 49.1. The van der Waals surface area contributed by atoms with Crippen LogP contribution in [0.25, 0.3) is 0 Å². The second-order valence-corrected chi connectivity index (χ2v) is 35.4. The Morgan fingerprint density at radius 3 is 0.630 bits per heavy atom. The number of unbranched alkanes of at least 4 members (excludes halogenated alkanes) is 61. The summed E-state index contributed by atoms with van der Waals surface area (Å²) in [4.78, 5) is 73.4. The number of aliphatic hydroxyl groups is 1. The van der Waals surface area contributed by atoms with E-state index in [1.54, 1.807) is 0 Å². The highest BCUT2D eigenvalue weighted by atomic mass is 31.2. The molecule has 19 heteroatoms. The average Bonchev–Trinajstić information content (AvgIpc) is 0.907. The molecule has 3 N–H and O–H groups in total. The molecule has 0 radical (unpaired) electrons. The molecule has 2 unspecified atom stereocenters. The molecule has 0 amide bonds. The van der Waals surface area contributed by atoms with E-state index in [0.29, 0.717) is 25.7 Å². The van der Waals surface area contributed by atoms with E-state index in [1.807, 2.05) is 0 Å². The highest BCUT2D eigenvalue weighted by molar-refractivity contribution is 7.47. The van der Waals surface area contributed by atoms with Gasteiger partial charge in [-0.1, -0.05) is 433 Å². The first kappa shape index (κ1) is 106. The number of hydrogen-bond donors (Lipinski definition) is 3. The van der Waals surface area contributed by atoms with Crippen molar-refractivity contribution in [3.05, 3.63) is 0 Å². The summed E-state index contributed by atoms with van der Waals surface area (Å²) < 4.78 is 69.0. The highest BCUT2D eigenvalue weighted by Gasteiger charge is 2.30. The Kier molecular flexibility index (Phi) is 80.2. The number of aliphatic hydroxyl groups excluding tert-OH is 1. The minimum absolute atomic E-state index is 0.109. The highest BCUT2D eigenvalue weighted by Crippen LogP contribution is 2.45. The number of phosphoric acid groups is 2. The molecule has 0 fully saturated rings. The summed E-state index contributed by atoms with van der Waals surface area (Å²) in [6.07, 6.45) is 76.3. The van der Waals surface area contributed by atoms with Crippen LogP contribution in [0.5, 0.6) is 0 Å². The lowest BCUT2D eigenvalue weighted by atomic mass is 10.0. The van der Waals surface area contributed by atoms with Gasteiger partial charge in [-0.05, 0) is 31.6 Å². The van der Waals surface area contributed by atoms with Crippen molar-refractivity contribution in [2.75, 3.05) is 39.6 Å². The fourth-order valence-electron chi connectivity index (χ4n) is 14.0. The summed E-state index contributed by atoms with van der Waals surface area (Å²) in [6.45, 7) is 7.43. The van der Waals surface area contributed by atoms with E-state index in [1.165, 1.54) is 308 Å². The van der Waals surface area contributed by atoms with Gasteiger partial charge in [-0.3, -0.25) is 37.3 Å². The number of rotatable bonds is 89. The summed E-state index contributed by atoms with van der Waals surface area (Å²) in [5.41, 5.74) is 0. The molecule has 0 saturated heterocycles. The normalized spacial score (nSPS) is 13.7. The van der Waals surface area contributed by atoms with Gasteiger partial charge in [0.05, 0.1) is 26.4 Å². The molecule has 0 saturated carbocycles. The van der Waals surface area contributed by atoms with Gasteiger partial charge in [-0.2, -0.15) is 0 Å². The molecule has 0 aliphatic rings. The Bertz CT molecular complexity index is 2050. The summed E-state index contributed by atoms with van der Waals surface area (Å²) >= 11 is 0. The lowest BCUT2D eigenvalue weighted by molar-refractivity contribution is -0.161. The molecule has 0 heterocycles. The third-order valence-corrected chi connectivity index (χ3v) is 22.9. The number of phosphoric ester groups is 2. The minimum Gasteiger partial charge on any atom is -0.462 e. The third-order valence-electron chi connectivity index (χ3n) is 21.0. The van der Waals surface area contributed by atoms with Crippen molar-refractivity contribution in [3.63, 3.8) is 0 Å². The van der Waals surface area contributed by atoms with Crippen LogP contribution < -0.4 is 0 Å². The molecule has 0 aromatic heterocycles. The van der Waals surface area contributed by atoms with Crippen LogP contribution in [0.1, 0.15) is 484 Å². The molecular formula is C89H174O17P2. The monoisotopic (exact) mass is 1580 g/mol. The van der Waals surface area contributed by atoms with Crippen LogP contribution in [-0.2, 0) is 65.4 Å². The molecule has 642 valence electrons. The Hall–Kier alpha value is -1.94. The zero-order valence-electron chi connectivity index (χ0n) is 71.0. The molecule has 5 atom stereocenters. The van der Waals surface area contributed by atoms with E-state index in [0.717, 1.165) is 95.8 Å². The van der Waals surface area contributed by atoms with Crippen LogP contribution in [0.4, 0.5) is 0 Å². The smallest absolute Gasteiger partial charge is 0.462 e. The lowest BCUT2D eigenvalue weighted by Gasteiger charge is -2.21. The van der Waals surface area contributed by atoms with Crippen LogP contribution in [0.3, 0.4) is 0 Å². The van der Waals surface area contributed by atoms with Crippen molar-refractivity contribution >= 4 is 39.5 Å². The van der Waals surface area contributed by atoms with Gasteiger partial charge in [0.25, 0.3) is 0 Å². The molecule has 0 aromatic carbocycles. The topological polar surface area (TPSA) is 237 Å². The number of ether oxygens (including phenoxy) is 4. The summed E-state index contributed by atoms with van der Waals surface area (Å²) in [5, 5.41) is 10.7. The largest absolute Gasteiger partial charge is 0.472 e. The van der Waals surface area contributed by atoms with Crippen molar-refractivity contribution < 1.29 is 80.2 Å². The van der Waals surface area contributed by atoms with E-state index in [9.17, 15) is 43.2 Å². The van der Waals surface area contributed by atoms with Gasteiger partial charge < -0.3 is 33.8 Å². The fourth-order valence-corrected chi connectivity index (χ4v) is 15.6. The number of esters is 4. The second-order valence-electron chi connectivity index (χ2n) is 32.5. The Labute approximate surface area is 664 Å². The first-order valence-electron chi connectivity index (χ1n) is 46.1. The van der Waals surface area contributed by atoms with Gasteiger partial charge in [0.2, 0.25) is 0 Å². The predicted molar refractivity (Wildman–Crippen MR) is 446 cm³/mol. The summed E-state index contributed by atoms with van der Waals surface area (Å²) in [5.74, 6) is -1.27. The van der Waals surface area contributed by atoms with Crippen molar-refractivity contribution in [2.24, 2.45) is 5.92 Å². The van der Waals surface area contributed by atoms with E-state index < -0.39 is 97.5 Å². The van der Waals surface area contributed by atoms with Gasteiger partial charge in [-0.25, -0.2) is 9.13 Å². The Morgan fingerprint density at radius 1 is 0.250 bits per heavy atom. The zero-order valence-corrected chi connectivity index (χ0v) is 72.8. The molecule has 0 aliphatic carbocycles. The van der Waals surface area contributed by atoms with Crippen molar-refractivity contribution in [3.8, 4) is 0 Å². The maximum atomic E-state index is 13.2. The first-order chi connectivity index (χ1) is 52.5. The number of hydrogen-bond acceptors (Lipinski definition) is 15. The van der Waals surface area contributed by atoms with E-state index in [2.05, 4.69) is 34.6 Å². The van der Waals surface area contributed by atoms with Crippen LogP contribution in [0.15, 0.2) is 0 Å². The molecule has 108 heavy (non-hydrogen) atoms. The maximum Gasteiger partial charge on any atom is 0.472 e. The lowest BCUT2D eigenvalue weighted by Crippen LogP contribution is -2.30. The van der Waals surface area contributed by atoms with Crippen LogP contribution >= 0.6 is 15.6 Å². The zero-order chi connectivity index (χ0) is 79.0. The summed E-state index contributed by atoms with van der Waals surface area (Å²) in [7, 11) is -9.93. The number of carbonyl (C=O) groups is 4. The average molecular weight is 1580 g/mol. The van der Waals surface area contributed by atoms with E-state index in [4.69, 9.17) is 37.0 Å². The molecule has 0 bridgehead atoms. The van der Waals surface area contributed by atoms with Gasteiger partial charge in [0.1, 0.15) is 19.3 Å². The van der Waals surface area contributed by atoms with Crippen LogP contribution in [0.2, 0.25) is 0 Å². The molecule has 0 spiro atoms. The van der Waals surface area contributed by atoms with Gasteiger partial charge in [-0.15, -0.1) is 0 Å². The molecule has 17 nitrogen and oxygen atoms in total. The van der Waals surface area contributed by atoms with Crippen molar-refractivity contribution in [2.45, 2.75) is 502 Å². The SMILES string of the molecule is CCCCCCCCCCCCCCCCCCCCC(=O)OC[C@H](COP(=O)(O)OC[C@@H](O)COP(=O)(O)OC[C@@H](COC(=O)CCCCCCCCCCCCCCC)OC(=O)CCCCCCCCCCCCCCCCCC)OC(=O)CCCCCCCCCCCCCCCCCCCCC(C)C. The van der Waals surface area contributed by atoms with Crippen LogP contribution in [0, 0.1) is 5.92 Å². The van der Waals surface area contributed by atoms with Gasteiger partial charge >= 0.3 is 39.5 Å². The maximum absolute atomic E-state index is 13.2. The Balaban J connectivity index is 5.25. The quantitative estimate of drug-likeness (QED) is 0.0222. The molecular weight excluding hydrogens is 1400 g/mol. The second kappa shape index (κ2) is 81.6. The van der Waals surface area contributed by atoms with Crippen molar-refractivity contribution in [1.82, 2.24) is 0 Å². The van der Waals surface area contributed by atoms with Gasteiger partial charge in [0, 0.05) is 25.7 Å². The van der Waals surface area contributed by atoms with E-state index in [-0.39, 0.29) is 25.7 Å².